The molecular weight excluding hydrogens is 323 g/mol. The average molecular weight is 335 g/mol. The number of aliphatic hydroxyl groups is 1. The monoisotopic (exact) mass is 334 g/mol. The van der Waals surface area contributed by atoms with Gasteiger partial charge in [-0.3, -0.25) is 0 Å². The van der Waals surface area contributed by atoms with Crippen LogP contribution in [0.5, 0.6) is 0 Å². The third-order valence-electron chi connectivity index (χ3n) is 2.89. The highest BCUT2D eigenvalue weighted by molar-refractivity contribution is 9.10. The summed E-state index contributed by atoms with van der Waals surface area (Å²) in [7, 11) is 0. The minimum absolute atomic E-state index is 0.00487. The third-order valence-corrected chi connectivity index (χ3v) is 3.67. The van der Waals surface area contributed by atoms with Crippen LogP contribution in [0.25, 0.3) is 0 Å². The van der Waals surface area contributed by atoms with Gasteiger partial charge in [0, 0.05) is 6.54 Å². The molecular formula is C15H12BrFN2O. The summed E-state index contributed by atoms with van der Waals surface area (Å²) in [6, 6.07) is 12.4. The van der Waals surface area contributed by atoms with E-state index in [0.29, 0.717) is 12.2 Å². The summed E-state index contributed by atoms with van der Waals surface area (Å²) in [4.78, 5) is 0. The van der Waals surface area contributed by atoms with Crippen LogP contribution in [0.2, 0.25) is 0 Å². The Morgan fingerprint density at radius 2 is 1.80 bits per heavy atom. The normalized spacial score (nSPS) is 10.1. The number of hydrogen-bond acceptors (Lipinski definition) is 3. The Bertz CT molecular complexity index is 650. The van der Waals surface area contributed by atoms with Crippen molar-refractivity contribution in [2.75, 3.05) is 5.32 Å². The van der Waals surface area contributed by atoms with Crippen molar-refractivity contribution in [2.45, 2.75) is 13.2 Å². The summed E-state index contributed by atoms with van der Waals surface area (Å²) in [5.41, 5.74) is 2.41. The molecule has 0 aliphatic heterocycles. The fraction of sp³-hybridized carbons (Fsp3) is 0.133. The second-order valence-corrected chi connectivity index (χ2v) is 5.02. The van der Waals surface area contributed by atoms with Crippen molar-refractivity contribution in [2.24, 2.45) is 0 Å². The molecule has 0 bridgehead atoms. The smallest absolute Gasteiger partial charge is 0.161 e. The number of benzene rings is 2. The molecule has 20 heavy (non-hydrogen) atoms. The predicted octanol–water partition coefficient (Wildman–Crippen LogP) is 3.56. The molecule has 0 aromatic heterocycles. The maximum Gasteiger partial charge on any atom is 0.161 e. The number of hydrogen-bond donors (Lipinski definition) is 2. The Morgan fingerprint density at radius 1 is 1.15 bits per heavy atom. The molecule has 0 heterocycles. The lowest BCUT2D eigenvalue weighted by atomic mass is 10.1. The summed E-state index contributed by atoms with van der Waals surface area (Å²) in [6.45, 7) is 0.464. The van der Waals surface area contributed by atoms with Gasteiger partial charge in [-0.25, -0.2) is 4.39 Å². The zero-order valence-electron chi connectivity index (χ0n) is 10.5. The van der Waals surface area contributed by atoms with Crippen LogP contribution >= 0.6 is 15.9 Å². The first-order chi connectivity index (χ1) is 9.65. The van der Waals surface area contributed by atoms with E-state index in [1.165, 1.54) is 0 Å². The molecule has 102 valence electrons. The predicted molar refractivity (Wildman–Crippen MR) is 78.5 cm³/mol. The molecule has 0 aliphatic rings. The van der Waals surface area contributed by atoms with Crippen molar-refractivity contribution in [3.05, 3.63) is 63.4 Å². The lowest BCUT2D eigenvalue weighted by Gasteiger charge is -2.09. The summed E-state index contributed by atoms with van der Waals surface area (Å²) in [5.74, 6) is -0.476. The van der Waals surface area contributed by atoms with Gasteiger partial charge in [0.25, 0.3) is 0 Å². The van der Waals surface area contributed by atoms with E-state index in [4.69, 9.17) is 10.4 Å². The highest BCUT2D eigenvalue weighted by Crippen LogP contribution is 2.26. The highest BCUT2D eigenvalue weighted by atomic mass is 79.9. The first-order valence-electron chi connectivity index (χ1n) is 5.96. The molecule has 0 saturated carbocycles. The Balaban J connectivity index is 2.11. The number of nitrogens with one attached hydrogen (secondary N) is 1. The van der Waals surface area contributed by atoms with E-state index in [-0.39, 0.29) is 16.6 Å². The first-order valence-corrected chi connectivity index (χ1v) is 6.75. The summed E-state index contributed by atoms with van der Waals surface area (Å²) in [5, 5.41) is 20.7. The van der Waals surface area contributed by atoms with Gasteiger partial charge >= 0.3 is 0 Å². The van der Waals surface area contributed by atoms with Crippen molar-refractivity contribution in [3.63, 3.8) is 0 Å². The van der Waals surface area contributed by atoms with Crippen molar-refractivity contribution >= 4 is 21.6 Å². The number of anilines is 1. The van der Waals surface area contributed by atoms with E-state index in [1.807, 2.05) is 30.3 Å². The number of rotatable bonds is 4. The Morgan fingerprint density at radius 3 is 2.40 bits per heavy atom. The molecule has 0 radical (unpaired) electrons. The Hall–Kier alpha value is -1.90. The molecule has 0 aliphatic carbocycles. The van der Waals surface area contributed by atoms with Crippen LogP contribution in [-0.4, -0.2) is 5.11 Å². The molecule has 2 aromatic rings. The zero-order valence-corrected chi connectivity index (χ0v) is 12.1. The van der Waals surface area contributed by atoms with Crippen LogP contribution in [0.15, 0.2) is 40.9 Å². The summed E-state index contributed by atoms with van der Waals surface area (Å²) >= 11 is 3.07. The van der Waals surface area contributed by atoms with Crippen molar-refractivity contribution < 1.29 is 9.50 Å². The van der Waals surface area contributed by atoms with Gasteiger partial charge in [-0.2, -0.15) is 5.26 Å². The van der Waals surface area contributed by atoms with Crippen LogP contribution in [0.4, 0.5) is 10.1 Å². The van der Waals surface area contributed by atoms with Crippen LogP contribution in [-0.2, 0) is 13.2 Å². The van der Waals surface area contributed by atoms with E-state index < -0.39 is 5.82 Å². The number of nitriles is 1. The first kappa shape index (κ1) is 14.5. The van der Waals surface area contributed by atoms with Gasteiger partial charge in [0.05, 0.1) is 22.3 Å². The Labute approximate surface area is 124 Å². The van der Waals surface area contributed by atoms with E-state index in [9.17, 15) is 4.39 Å². The average Bonchev–Trinajstić information content (AvgIpc) is 2.49. The van der Waals surface area contributed by atoms with Crippen molar-refractivity contribution in [1.82, 2.24) is 0 Å². The van der Waals surface area contributed by atoms with Gasteiger partial charge in [-0.15, -0.1) is 0 Å². The largest absolute Gasteiger partial charge is 0.392 e. The molecule has 2 N–H and O–H groups in total. The van der Waals surface area contributed by atoms with Gasteiger partial charge in [-0.05, 0) is 39.2 Å². The fourth-order valence-corrected chi connectivity index (χ4v) is 2.17. The fourth-order valence-electron chi connectivity index (χ4n) is 1.73. The van der Waals surface area contributed by atoms with Crippen LogP contribution in [0.3, 0.4) is 0 Å². The molecule has 0 spiro atoms. The van der Waals surface area contributed by atoms with E-state index in [2.05, 4.69) is 21.2 Å². The van der Waals surface area contributed by atoms with Gasteiger partial charge < -0.3 is 10.4 Å². The second kappa shape index (κ2) is 6.51. The highest BCUT2D eigenvalue weighted by Gasteiger charge is 2.10. The second-order valence-electron chi connectivity index (χ2n) is 4.23. The number of aliphatic hydroxyl groups excluding tert-OH is 1. The molecule has 0 saturated heterocycles. The van der Waals surface area contributed by atoms with Crippen molar-refractivity contribution in [3.8, 4) is 6.07 Å². The number of halogens is 2. The topological polar surface area (TPSA) is 56.0 Å². The summed E-state index contributed by atoms with van der Waals surface area (Å²) < 4.78 is 14.1. The van der Waals surface area contributed by atoms with Gasteiger partial charge in [0.1, 0.15) is 6.07 Å². The summed E-state index contributed by atoms with van der Waals surface area (Å²) in [6.07, 6.45) is 0. The molecule has 0 amide bonds. The van der Waals surface area contributed by atoms with Crippen LogP contribution in [0, 0.1) is 17.1 Å². The molecule has 0 unspecified atom stereocenters. The molecule has 2 rings (SSSR count). The maximum absolute atomic E-state index is 14.0. The van der Waals surface area contributed by atoms with Crippen molar-refractivity contribution in [1.29, 1.82) is 5.26 Å². The van der Waals surface area contributed by atoms with Gasteiger partial charge in [-0.1, -0.05) is 24.3 Å². The minimum atomic E-state index is -0.476. The van der Waals surface area contributed by atoms with E-state index >= 15 is 0 Å². The molecule has 3 nitrogen and oxygen atoms in total. The molecule has 0 atom stereocenters. The van der Waals surface area contributed by atoms with Crippen LogP contribution < -0.4 is 5.32 Å². The van der Waals surface area contributed by atoms with E-state index in [0.717, 1.165) is 11.1 Å². The standard InChI is InChI=1S/C15H12BrFN2O/c16-14-12(7-18)5-6-13(15(14)17)19-8-10-1-3-11(9-20)4-2-10/h1-6,19-20H,8-9H2. The SMILES string of the molecule is N#Cc1ccc(NCc2ccc(CO)cc2)c(F)c1Br. The van der Waals surface area contributed by atoms with Gasteiger partial charge in [0.15, 0.2) is 5.82 Å². The minimum Gasteiger partial charge on any atom is -0.392 e. The third kappa shape index (κ3) is 3.16. The maximum atomic E-state index is 14.0. The quantitative estimate of drug-likeness (QED) is 0.898. The number of nitrogens with zero attached hydrogens (tertiary/aromatic N) is 1. The molecule has 2 aromatic carbocycles. The van der Waals surface area contributed by atoms with Crippen LogP contribution in [0.1, 0.15) is 16.7 Å². The molecule has 0 fully saturated rings. The zero-order chi connectivity index (χ0) is 14.5. The lowest BCUT2D eigenvalue weighted by Crippen LogP contribution is -2.02. The molecule has 5 heteroatoms. The van der Waals surface area contributed by atoms with E-state index in [1.54, 1.807) is 12.1 Å². The lowest BCUT2D eigenvalue weighted by molar-refractivity contribution is 0.282. The van der Waals surface area contributed by atoms with Gasteiger partial charge in [0.2, 0.25) is 0 Å². The Kier molecular flexibility index (Phi) is 4.72.